The molecule has 1 aliphatic heterocycles. The van der Waals surface area contributed by atoms with Crippen LogP contribution in [-0.2, 0) is 16.2 Å². The van der Waals surface area contributed by atoms with E-state index in [4.69, 9.17) is 4.74 Å². The Kier molecular flexibility index (Phi) is 5.73. The minimum absolute atomic E-state index is 0.0119. The lowest BCUT2D eigenvalue weighted by atomic mass is 10.1. The molecule has 3 rings (SSSR count). The van der Waals surface area contributed by atoms with E-state index in [1.807, 2.05) is 0 Å². The highest BCUT2D eigenvalue weighted by Crippen LogP contribution is 2.31. The number of alkyl halides is 3. The Morgan fingerprint density at radius 2 is 1.93 bits per heavy atom. The first kappa shape index (κ1) is 20.0. The molecule has 2 heterocycles. The quantitative estimate of drug-likeness (QED) is 0.690. The van der Waals surface area contributed by atoms with Gasteiger partial charge in [-0.3, -0.25) is 0 Å². The molecule has 1 aliphatic rings. The third kappa shape index (κ3) is 4.77. The van der Waals surface area contributed by atoms with E-state index < -0.39 is 32.8 Å². The third-order valence-electron chi connectivity index (χ3n) is 4.01. The van der Waals surface area contributed by atoms with Crippen molar-refractivity contribution in [2.24, 2.45) is 0 Å². The summed E-state index contributed by atoms with van der Waals surface area (Å²) < 4.78 is 71.6. The van der Waals surface area contributed by atoms with Gasteiger partial charge in [0.05, 0.1) is 21.5 Å². The second kappa shape index (κ2) is 7.72. The summed E-state index contributed by atoms with van der Waals surface area (Å²) in [5, 5.41) is 0. The van der Waals surface area contributed by atoms with Crippen molar-refractivity contribution < 1.29 is 26.3 Å². The van der Waals surface area contributed by atoms with Crippen LogP contribution in [0.4, 0.5) is 13.2 Å². The van der Waals surface area contributed by atoms with Crippen molar-refractivity contribution in [2.45, 2.75) is 30.0 Å². The molecule has 1 aromatic carbocycles. The van der Waals surface area contributed by atoms with E-state index in [0.29, 0.717) is 23.4 Å². The van der Waals surface area contributed by atoms with E-state index in [1.54, 1.807) is 0 Å². The van der Waals surface area contributed by atoms with Crippen molar-refractivity contribution in [3.63, 3.8) is 0 Å². The van der Waals surface area contributed by atoms with Crippen molar-refractivity contribution >= 4 is 26.0 Å². The average Bonchev–Trinajstić information content (AvgIpc) is 2.63. The monoisotopic (exact) mass is 465 g/mol. The van der Waals surface area contributed by atoms with Crippen LogP contribution in [0.15, 0.2) is 46.0 Å². The minimum Gasteiger partial charge on any atom is -0.459 e. The van der Waals surface area contributed by atoms with E-state index >= 15 is 0 Å². The topological polar surface area (TPSA) is 72.4 Å². The van der Waals surface area contributed by atoms with Crippen LogP contribution in [0.2, 0.25) is 0 Å². The van der Waals surface area contributed by atoms with Gasteiger partial charge >= 0.3 is 12.2 Å². The fourth-order valence-electron chi connectivity index (χ4n) is 2.71. The standard InChI is InChI=1S/C16H15BrF3N3O3S/c17-12-8-21-15(22-9-12)26-13-4-2-6-23(10-13)27(24,25)14-5-1-3-11(7-14)16(18,19)20/h1,3,5,7-9,13H,2,4,6,10H2. The number of ether oxygens (including phenoxy) is 1. The molecule has 0 aliphatic carbocycles. The molecule has 6 nitrogen and oxygen atoms in total. The van der Waals surface area contributed by atoms with Gasteiger partial charge in [0.1, 0.15) is 6.10 Å². The highest BCUT2D eigenvalue weighted by atomic mass is 79.9. The lowest BCUT2D eigenvalue weighted by molar-refractivity contribution is -0.137. The van der Waals surface area contributed by atoms with E-state index in [0.717, 1.165) is 22.5 Å². The van der Waals surface area contributed by atoms with Crippen LogP contribution in [-0.4, -0.2) is 41.9 Å². The predicted octanol–water partition coefficient (Wildman–Crippen LogP) is 3.49. The Balaban J connectivity index is 1.77. The van der Waals surface area contributed by atoms with Crippen LogP contribution in [0.25, 0.3) is 0 Å². The van der Waals surface area contributed by atoms with Crippen LogP contribution >= 0.6 is 15.9 Å². The number of hydrogen-bond acceptors (Lipinski definition) is 5. The summed E-state index contributed by atoms with van der Waals surface area (Å²) in [6.07, 6.45) is -0.990. The van der Waals surface area contributed by atoms with Crippen molar-refractivity contribution in [1.82, 2.24) is 14.3 Å². The first-order valence-corrected chi connectivity index (χ1v) is 10.2. The molecule has 2 aromatic rings. The Morgan fingerprint density at radius 1 is 1.22 bits per heavy atom. The fourth-order valence-corrected chi connectivity index (χ4v) is 4.47. The highest BCUT2D eigenvalue weighted by molar-refractivity contribution is 9.10. The van der Waals surface area contributed by atoms with E-state index in [2.05, 4.69) is 25.9 Å². The average molecular weight is 466 g/mol. The van der Waals surface area contributed by atoms with Gasteiger partial charge in [-0.1, -0.05) is 6.07 Å². The van der Waals surface area contributed by atoms with Crippen molar-refractivity contribution in [1.29, 1.82) is 0 Å². The van der Waals surface area contributed by atoms with Gasteiger partial charge < -0.3 is 4.74 Å². The molecule has 1 atom stereocenters. The van der Waals surface area contributed by atoms with Crippen molar-refractivity contribution in [3.8, 4) is 6.01 Å². The molecule has 27 heavy (non-hydrogen) atoms. The van der Waals surface area contributed by atoms with E-state index in [1.165, 1.54) is 12.4 Å². The van der Waals surface area contributed by atoms with Crippen LogP contribution in [0.5, 0.6) is 6.01 Å². The largest absolute Gasteiger partial charge is 0.459 e. The molecule has 0 radical (unpaired) electrons. The molecule has 146 valence electrons. The van der Waals surface area contributed by atoms with Crippen LogP contribution in [0, 0.1) is 0 Å². The molecule has 0 amide bonds. The van der Waals surface area contributed by atoms with E-state index in [9.17, 15) is 21.6 Å². The summed E-state index contributed by atoms with van der Waals surface area (Å²) in [7, 11) is -4.07. The summed E-state index contributed by atoms with van der Waals surface area (Å²) in [5.74, 6) is 0. The molecule has 0 N–H and O–H groups in total. The first-order chi connectivity index (χ1) is 12.7. The third-order valence-corrected chi connectivity index (χ3v) is 6.28. The van der Waals surface area contributed by atoms with Gasteiger partial charge in [-0.2, -0.15) is 17.5 Å². The van der Waals surface area contributed by atoms with Gasteiger partial charge in [-0.25, -0.2) is 18.4 Å². The van der Waals surface area contributed by atoms with Gasteiger partial charge in [0.25, 0.3) is 0 Å². The maximum Gasteiger partial charge on any atom is 0.416 e. The first-order valence-electron chi connectivity index (χ1n) is 7.98. The number of piperidine rings is 1. The summed E-state index contributed by atoms with van der Waals surface area (Å²) in [5.41, 5.74) is -1.00. The van der Waals surface area contributed by atoms with Crippen LogP contribution < -0.4 is 4.74 Å². The Labute approximate surface area is 162 Å². The zero-order valence-electron chi connectivity index (χ0n) is 13.9. The summed E-state index contributed by atoms with van der Waals surface area (Å²) in [6.45, 7) is 0.220. The number of halogens is 4. The molecule has 1 saturated heterocycles. The Hall–Kier alpha value is -1.72. The molecule has 11 heteroatoms. The molecule has 0 spiro atoms. The minimum atomic E-state index is -4.61. The molecule has 0 saturated carbocycles. The van der Waals surface area contributed by atoms with Crippen molar-refractivity contribution in [2.75, 3.05) is 13.1 Å². The number of rotatable bonds is 4. The normalized spacial score (nSPS) is 19.0. The zero-order valence-corrected chi connectivity index (χ0v) is 16.3. The Bertz CT molecular complexity index is 907. The predicted molar refractivity (Wildman–Crippen MR) is 93.6 cm³/mol. The van der Waals surface area contributed by atoms with Crippen LogP contribution in [0.1, 0.15) is 18.4 Å². The van der Waals surface area contributed by atoms with Crippen molar-refractivity contribution in [3.05, 3.63) is 46.7 Å². The molecular formula is C16H15BrF3N3O3S. The number of benzene rings is 1. The Morgan fingerprint density at radius 3 is 2.59 bits per heavy atom. The molecule has 1 fully saturated rings. The van der Waals surface area contributed by atoms with Crippen LogP contribution in [0.3, 0.4) is 0 Å². The SMILES string of the molecule is O=S(=O)(c1cccc(C(F)(F)F)c1)N1CCCC(Oc2ncc(Br)cn2)C1. The van der Waals surface area contributed by atoms with Gasteiger partial charge in [0.15, 0.2) is 0 Å². The highest BCUT2D eigenvalue weighted by Gasteiger charge is 2.35. The number of hydrogen-bond donors (Lipinski definition) is 0. The molecule has 1 aromatic heterocycles. The number of aromatic nitrogens is 2. The zero-order chi connectivity index (χ0) is 19.7. The smallest absolute Gasteiger partial charge is 0.416 e. The number of sulfonamides is 1. The maximum absolute atomic E-state index is 12.9. The second-order valence-corrected chi connectivity index (χ2v) is 8.81. The summed E-state index contributed by atoms with van der Waals surface area (Å²) in [4.78, 5) is 7.58. The van der Waals surface area contributed by atoms with Gasteiger partial charge in [-0.15, -0.1) is 0 Å². The van der Waals surface area contributed by atoms with E-state index in [-0.39, 0.29) is 19.1 Å². The maximum atomic E-state index is 12.9. The van der Waals surface area contributed by atoms with Gasteiger partial charge in [0.2, 0.25) is 10.0 Å². The number of nitrogens with zero attached hydrogens (tertiary/aromatic N) is 3. The van der Waals surface area contributed by atoms with Gasteiger partial charge in [0, 0.05) is 18.9 Å². The summed E-state index contributed by atoms with van der Waals surface area (Å²) >= 11 is 3.20. The summed E-state index contributed by atoms with van der Waals surface area (Å²) in [6, 6.07) is 3.85. The second-order valence-electron chi connectivity index (χ2n) is 5.95. The fraction of sp³-hybridized carbons (Fsp3) is 0.375. The molecule has 1 unspecified atom stereocenters. The van der Waals surface area contributed by atoms with Gasteiger partial charge in [-0.05, 0) is 47.0 Å². The lowest BCUT2D eigenvalue weighted by Gasteiger charge is -2.31. The molecule has 0 bridgehead atoms. The lowest BCUT2D eigenvalue weighted by Crippen LogP contribution is -2.44. The molecular weight excluding hydrogens is 451 g/mol.